The number of epoxide rings is 1. The van der Waals surface area contributed by atoms with Crippen LogP contribution in [0.1, 0.15) is 66.2 Å². The van der Waals surface area contributed by atoms with Gasteiger partial charge < -0.3 is 29.7 Å². The highest BCUT2D eigenvalue weighted by Crippen LogP contribution is 2.39. The number of ether oxygens (including phenoxy) is 3. The number of hydrazine groups is 1. The molecule has 2 aliphatic rings. The van der Waals surface area contributed by atoms with E-state index in [0.29, 0.717) is 71.6 Å². The Morgan fingerprint density at radius 3 is 2.46 bits per heavy atom. The molecule has 2 aliphatic heterocycles. The smallest absolute Gasteiger partial charge is 0.407 e. The summed E-state index contributed by atoms with van der Waals surface area (Å²) in [6.07, 6.45) is 4.88. The standard InChI is InChI=1S/C41H53N7O6S2/c1-4-20-52-21-19-47-18-17-36(45-39(50)46(3)25-33-27-55-38(43-33)41(2)28-54-41)37(49)48(47)34(23-31-13-9-6-10-14-31)16-15-32(22-30-11-7-5-8-12-30)44-40(51)53-26-35-24-42-29-56-35/h5-14,24,27,29,32,34,36H,4,15-23,25-26,28H2,1-3H3,(H,44,51)(H,45,50)/t32-,34-,36+,41?/m1/s1. The van der Waals surface area contributed by atoms with Crippen molar-refractivity contribution in [1.82, 2.24) is 35.5 Å². The molecule has 2 aromatic carbocycles. The minimum Gasteiger partial charge on any atom is -0.444 e. The van der Waals surface area contributed by atoms with Crippen molar-refractivity contribution in [3.05, 3.63) is 104 Å². The molecule has 4 heterocycles. The molecule has 2 saturated heterocycles. The van der Waals surface area contributed by atoms with E-state index < -0.39 is 12.1 Å². The number of carbonyl (C=O) groups is 3. The highest BCUT2D eigenvalue weighted by Gasteiger charge is 2.44. The fourth-order valence-corrected chi connectivity index (χ4v) is 8.21. The molecule has 0 saturated carbocycles. The predicted molar refractivity (Wildman–Crippen MR) is 216 cm³/mol. The van der Waals surface area contributed by atoms with E-state index in [1.807, 2.05) is 65.8 Å². The maximum Gasteiger partial charge on any atom is 0.407 e. The van der Waals surface area contributed by atoms with Crippen LogP contribution in [0.15, 0.2) is 77.8 Å². The zero-order valence-electron chi connectivity index (χ0n) is 32.4. The molecule has 300 valence electrons. The van der Waals surface area contributed by atoms with E-state index in [1.165, 1.54) is 22.7 Å². The molecule has 13 nitrogen and oxygen atoms in total. The molecule has 4 aromatic rings. The summed E-state index contributed by atoms with van der Waals surface area (Å²) in [4.78, 5) is 52.6. The highest BCUT2D eigenvalue weighted by atomic mass is 32.1. The molecule has 6 rings (SSSR count). The molecule has 0 aliphatic carbocycles. The third-order valence-corrected chi connectivity index (χ3v) is 11.8. The molecule has 15 heteroatoms. The molecular weight excluding hydrogens is 751 g/mol. The largest absolute Gasteiger partial charge is 0.444 e. The van der Waals surface area contributed by atoms with Crippen molar-refractivity contribution >= 4 is 40.7 Å². The summed E-state index contributed by atoms with van der Waals surface area (Å²) in [6, 6.07) is 18.6. The summed E-state index contributed by atoms with van der Waals surface area (Å²) in [5.41, 5.74) is 4.33. The van der Waals surface area contributed by atoms with Crippen molar-refractivity contribution in [2.45, 2.75) is 89.3 Å². The van der Waals surface area contributed by atoms with Gasteiger partial charge in [0.25, 0.3) is 5.91 Å². The molecule has 0 bridgehead atoms. The normalized spacial score (nSPS) is 19.3. The molecule has 1 unspecified atom stereocenters. The second-order valence-electron chi connectivity index (χ2n) is 14.6. The van der Waals surface area contributed by atoms with E-state index in [9.17, 15) is 14.4 Å². The third-order valence-electron chi connectivity index (χ3n) is 9.96. The number of carbonyl (C=O) groups excluding carboxylic acids is 3. The van der Waals surface area contributed by atoms with Gasteiger partial charge in [-0.25, -0.2) is 19.6 Å². The summed E-state index contributed by atoms with van der Waals surface area (Å²) in [6.45, 7) is 7.38. The number of amides is 4. The summed E-state index contributed by atoms with van der Waals surface area (Å²) in [5, 5.41) is 13.0. The zero-order chi connectivity index (χ0) is 39.3. The molecule has 0 spiro atoms. The molecule has 4 atom stereocenters. The number of hydrogen-bond donors (Lipinski definition) is 2. The Morgan fingerprint density at radius 2 is 1.79 bits per heavy atom. The Bertz CT molecular complexity index is 1830. The van der Waals surface area contributed by atoms with Gasteiger partial charge in [0.1, 0.15) is 23.3 Å². The maximum atomic E-state index is 14.7. The Morgan fingerprint density at radius 1 is 1.05 bits per heavy atom. The Labute approximate surface area is 337 Å². The molecule has 0 radical (unpaired) electrons. The lowest BCUT2D eigenvalue weighted by Gasteiger charge is -2.46. The van der Waals surface area contributed by atoms with E-state index in [4.69, 9.17) is 19.2 Å². The topological polar surface area (TPSA) is 142 Å². The van der Waals surface area contributed by atoms with Crippen LogP contribution in [0.2, 0.25) is 0 Å². The van der Waals surface area contributed by atoms with Gasteiger partial charge >= 0.3 is 12.1 Å². The first kappa shape index (κ1) is 41.2. The van der Waals surface area contributed by atoms with Gasteiger partial charge in [-0.15, -0.1) is 22.7 Å². The van der Waals surface area contributed by atoms with E-state index >= 15 is 0 Å². The van der Waals surface area contributed by atoms with Gasteiger partial charge in [-0.2, -0.15) is 0 Å². The quantitative estimate of drug-likeness (QED) is 0.0794. The van der Waals surface area contributed by atoms with Crippen LogP contribution in [0, 0.1) is 0 Å². The van der Waals surface area contributed by atoms with Crippen LogP contribution in [0.5, 0.6) is 0 Å². The second-order valence-corrected chi connectivity index (χ2v) is 16.4. The Kier molecular flexibility index (Phi) is 14.8. The van der Waals surface area contributed by atoms with Crippen LogP contribution in [0.25, 0.3) is 0 Å². The second kappa shape index (κ2) is 20.1. The van der Waals surface area contributed by atoms with Gasteiger partial charge in [0.05, 0.1) is 41.9 Å². The summed E-state index contributed by atoms with van der Waals surface area (Å²) in [5.74, 6) is -0.166. The van der Waals surface area contributed by atoms with Gasteiger partial charge in [-0.1, -0.05) is 67.6 Å². The number of benzene rings is 2. The van der Waals surface area contributed by atoms with E-state index in [1.54, 1.807) is 23.7 Å². The van der Waals surface area contributed by atoms with Crippen LogP contribution in [-0.2, 0) is 50.6 Å². The number of rotatable bonds is 20. The number of aromatic nitrogens is 2. The Hall–Kier alpha value is -4.41. The zero-order valence-corrected chi connectivity index (χ0v) is 34.1. The number of urea groups is 1. The number of alkyl carbamates (subject to hydrolysis) is 1. The molecule has 56 heavy (non-hydrogen) atoms. The molecule has 4 amide bonds. The molecule has 2 N–H and O–H groups in total. The van der Waals surface area contributed by atoms with Crippen LogP contribution in [0.3, 0.4) is 0 Å². The first-order valence-electron chi connectivity index (χ1n) is 19.4. The van der Waals surface area contributed by atoms with Crippen molar-refractivity contribution in [3.8, 4) is 0 Å². The molecule has 2 aromatic heterocycles. The number of thiazole rings is 2. The van der Waals surface area contributed by atoms with Crippen molar-refractivity contribution in [1.29, 1.82) is 0 Å². The number of nitrogens with one attached hydrogen (secondary N) is 2. The first-order valence-corrected chi connectivity index (χ1v) is 21.1. The number of hydrogen-bond acceptors (Lipinski definition) is 11. The van der Waals surface area contributed by atoms with E-state index in [-0.39, 0.29) is 36.2 Å². The average Bonchev–Trinajstić information content (AvgIpc) is 3.52. The van der Waals surface area contributed by atoms with Gasteiger partial charge in [0.2, 0.25) is 0 Å². The summed E-state index contributed by atoms with van der Waals surface area (Å²) < 4.78 is 17.0. The van der Waals surface area contributed by atoms with E-state index in [0.717, 1.165) is 33.1 Å². The van der Waals surface area contributed by atoms with Gasteiger partial charge in [0, 0.05) is 44.4 Å². The minimum absolute atomic E-state index is 0.143. The summed E-state index contributed by atoms with van der Waals surface area (Å²) >= 11 is 2.96. The average molecular weight is 804 g/mol. The van der Waals surface area contributed by atoms with Crippen molar-refractivity contribution in [3.63, 3.8) is 0 Å². The lowest BCUT2D eigenvalue weighted by molar-refractivity contribution is -0.168. The van der Waals surface area contributed by atoms with Crippen LogP contribution in [-0.4, -0.2) is 101 Å². The maximum absolute atomic E-state index is 14.7. The monoisotopic (exact) mass is 803 g/mol. The van der Waals surface area contributed by atoms with Gasteiger partial charge in [-0.05, 0) is 56.6 Å². The molecule has 2 fully saturated rings. The van der Waals surface area contributed by atoms with Crippen LogP contribution < -0.4 is 10.6 Å². The highest BCUT2D eigenvalue weighted by molar-refractivity contribution is 7.10. The number of nitrogens with zero attached hydrogens (tertiary/aromatic N) is 5. The summed E-state index contributed by atoms with van der Waals surface area (Å²) in [7, 11) is 1.71. The van der Waals surface area contributed by atoms with Crippen LogP contribution in [0.4, 0.5) is 9.59 Å². The van der Waals surface area contributed by atoms with Crippen molar-refractivity contribution in [2.24, 2.45) is 0 Å². The van der Waals surface area contributed by atoms with Gasteiger partial charge in [0.15, 0.2) is 0 Å². The molecular formula is C41H53N7O6S2. The van der Waals surface area contributed by atoms with Gasteiger partial charge in [-0.3, -0.25) is 14.8 Å². The fourth-order valence-electron chi connectivity index (χ4n) is 6.79. The third kappa shape index (κ3) is 11.8. The predicted octanol–water partition coefficient (Wildman–Crippen LogP) is 6.16. The minimum atomic E-state index is -0.722. The van der Waals surface area contributed by atoms with E-state index in [2.05, 4.69) is 39.7 Å². The first-order chi connectivity index (χ1) is 27.2. The fraction of sp³-hybridized carbons (Fsp3) is 0.488. The SMILES string of the molecule is CCCOCCN1CC[C@H](NC(=O)N(C)Cc2csc(C3(C)CO3)n2)C(=O)N1[C@H](CC[C@H](Cc1ccccc1)NC(=O)OCc1cncs1)Cc1ccccc1. The van der Waals surface area contributed by atoms with Crippen LogP contribution >= 0.6 is 22.7 Å². The Balaban J connectivity index is 1.19. The van der Waals surface area contributed by atoms with Crippen molar-refractivity contribution in [2.75, 3.05) is 40.0 Å². The lowest BCUT2D eigenvalue weighted by Crippen LogP contribution is -2.64. The lowest BCUT2D eigenvalue weighted by atomic mass is 9.94. The van der Waals surface area contributed by atoms with Crippen molar-refractivity contribution < 1.29 is 28.6 Å².